The Balaban J connectivity index is 1.37. The summed E-state index contributed by atoms with van der Waals surface area (Å²) in [5, 5.41) is 6.91. The van der Waals surface area contributed by atoms with Crippen LogP contribution in [0, 0.1) is 5.92 Å². The first-order chi connectivity index (χ1) is 14.7. The number of nitrogens with zero attached hydrogens (tertiary/aromatic N) is 5. The standard InChI is InChI=1S/C23H41N7/c1-4-28-14-16-30(17-15-28)22-18-21(6-10-25-22)19-27-23(24-3)26-9-5-11-29-12-7-20(2)8-13-29/h6,10,18,20H,4-5,7-9,11-17,19H2,1-3H3,(H2,24,26,27). The smallest absolute Gasteiger partial charge is 0.191 e. The van der Waals surface area contributed by atoms with E-state index in [0.29, 0.717) is 0 Å². The Morgan fingerprint density at radius 2 is 1.87 bits per heavy atom. The monoisotopic (exact) mass is 415 g/mol. The molecule has 2 saturated heterocycles. The van der Waals surface area contributed by atoms with Crippen LogP contribution in [-0.2, 0) is 6.54 Å². The zero-order chi connectivity index (χ0) is 21.2. The molecule has 0 aromatic carbocycles. The Hall–Kier alpha value is -1.86. The van der Waals surface area contributed by atoms with Crippen LogP contribution in [0.25, 0.3) is 0 Å². The number of likely N-dealkylation sites (tertiary alicyclic amines) is 1. The van der Waals surface area contributed by atoms with Crippen molar-refractivity contribution in [2.24, 2.45) is 10.9 Å². The number of nitrogens with one attached hydrogen (secondary N) is 2. The quantitative estimate of drug-likeness (QED) is 0.385. The van der Waals surface area contributed by atoms with E-state index in [-0.39, 0.29) is 0 Å². The predicted octanol–water partition coefficient (Wildman–Crippen LogP) is 2.01. The Kier molecular flexibility index (Phi) is 9.21. The highest BCUT2D eigenvalue weighted by molar-refractivity contribution is 5.79. The van der Waals surface area contributed by atoms with Gasteiger partial charge in [-0.1, -0.05) is 13.8 Å². The molecule has 0 atom stereocenters. The highest BCUT2D eigenvalue weighted by atomic mass is 15.3. The second-order valence-corrected chi connectivity index (χ2v) is 8.67. The molecule has 0 bridgehead atoms. The van der Waals surface area contributed by atoms with Crippen molar-refractivity contribution in [1.29, 1.82) is 0 Å². The van der Waals surface area contributed by atoms with Gasteiger partial charge in [0.25, 0.3) is 0 Å². The van der Waals surface area contributed by atoms with Crippen LogP contribution in [-0.4, -0.2) is 86.7 Å². The van der Waals surface area contributed by atoms with Gasteiger partial charge in [0.1, 0.15) is 5.82 Å². The molecule has 1 aromatic heterocycles. The summed E-state index contributed by atoms with van der Waals surface area (Å²) in [6.07, 6.45) is 5.77. The number of pyridine rings is 1. The number of guanidine groups is 1. The number of piperidine rings is 1. The van der Waals surface area contributed by atoms with E-state index in [0.717, 1.165) is 69.9 Å². The maximum atomic E-state index is 4.60. The molecule has 7 nitrogen and oxygen atoms in total. The van der Waals surface area contributed by atoms with Crippen LogP contribution < -0.4 is 15.5 Å². The summed E-state index contributed by atoms with van der Waals surface area (Å²) in [4.78, 5) is 16.5. The second-order valence-electron chi connectivity index (χ2n) is 8.67. The maximum Gasteiger partial charge on any atom is 0.191 e. The summed E-state index contributed by atoms with van der Waals surface area (Å²) in [6.45, 7) is 15.5. The number of piperazine rings is 1. The summed E-state index contributed by atoms with van der Waals surface area (Å²) >= 11 is 0. The van der Waals surface area contributed by atoms with Gasteiger partial charge >= 0.3 is 0 Å². The third kappa shape index (κ3) is 7.13. The number of aliphatic imine (C=N–C) groups is 1. The van der Waals surface area contributed by atoms with Gasteiger partial charge in [0.15, 0.2) is 5.96 Å². The van der Waals surface area contributed by atoms with Gasteiger partial charge in [-0.15, -0.1) is 0 Å². The van der Waals surface area contributed by atoms with Crippen molar-refractivity contribution in [2.75, 3.05) is 70.9 Å². The lowest BCUT2D eigenvalue weighted by Crippen LogP contribution is -2.46. The first-order valence-corrected chi connectivity index (χ1v) is 11.8. The number of aromatic nitrogens is 1. The van der Waals surface area contributed by atoms with E-state index < -0.39 is 0 Å². The number of hydrogen-bond acceptors (Lipinski definition) is 5. The van der Waals surface area contributed by atoms with Crippen LogP contribution in [0.5, 0.6) is 0 Å². The lowest BCUT2D eigenvalue weighted by Gasteiger charge is -2.34. The molecule has 2 aliphatic heterocycles. The van der Waals surface area contributed by atoms with Crippen molar-refractivity contribution < 1.29 is 0 Å². The molecule has 1 aromatic rings. The molecule has 0 unspecified atom stereocenters. The van der Waals surface area contributed by atoms with Gasteiger partial charge < -0.3 is 25.3 Å². The number of rotatable bonds is 8. The minimum atomic E-state index is 0.758. The van der Waals surface area contributed by atoms with E-state index in [9.17, 15) is 0 Å². The SMILES string of the molecule is CCN1CCN(c2cc(CNC(=NC)NCCCN3CCC(C)CC3)ccn2)CC1. The van der Waals surface area contributed by atoms with Gasteiger partial charge in [0, 0.05) is 52.5 Å². The van der Waals surface area contributed by atoms with Crippen LogP contribution in [0.4, 0.5) is 5.82 Å². The van der Waals surface area contributed by atoms with Crippen molar-refractivity contribution in [2.45, 2.75) is 39.7 Å². The fraction of sp³-hybridized carbons (Fsp3) is 0.739. The molecular formula is C23H41N7. The van der Waals surface area contributed by atoms with E-state index in [2.05, 4.69) is 61.3 Å². The molecule has 2 aliphatic rings. The summed E-state index contributed by atoms with van der Waals surface area (Å²) in [7, 11) is 1.84. The van der Waals surface area contributed by atoms with Crippen molar-refractivity contribution in [3.05, 3.63) is 23.9 Å². The Morgan fingerprint density at radius 1 is 1.10 bits per heavy atom. The Labute approximate surface area is 182 Å². The van der Waals surface area contributed by atoms with Crippen LogP contribution in [0.15, 0.2) is 23.3 Å². The highest BCUT2D eigenvalue weighted by Gasteiger charge is 2.17. The largest absolute Gasteiger partial charge is 0.356 e. The molecule has 30 heavy (non-hydrogen) atoms. The van der Waals surface area contributed by atoms with Gasteiger partial charge in [0.2, 0.25) is 0 Å². The van der Waals surface area contributed by atoms with Crippen LogP contribution in [0.3, 0.4) is 0 Å². The van der Waals surface area contributed by atoms with Gasteiger partial charge in [-0.05, 0) is 69.1 Å². The zero-order valence-corrected chi connectivity index (χ0v) is 19.2. The first-order valence-electron chi connectivity index (χ1n) is 11.8. The predicted molar refractivity (Wildman–Crippen MR) is 126 cm³/mol. The maximum absolute atomic E-state index is 4.60. The topological polar surface area (TPSA) is 59.0 Å². The molecule has 2 fully saturated rings. The molecule has 7 heteroatoms. The lowest BCUT2D eigenvalue weighted by molar-refractivity contribution is 0.191. The van der Waals surface area contributed by atoms with Gasteiger partial charge in [-0.2, -0.15) is 0 Å². The summed E-state index contributed by atoms with van der Waals surface area (Å²) < 4.78 is 0. The van der Waals surface area contributed by atoms with Gasteiger partial charge in [-0.25, -0.2) is 4.98 Å². The third-order valence-electron chi connectivity index (χ3n) is 6.46. The number of likely N-dealkylation sites (N-methyl/N-ethyl adjacent to an activating group) is 1. The molecule has 0 saturated carbocycles. The van der Waals surface area contributed by atoms with E-state index in [1.54, 1.807) is 0 Å². The van der Waals surface area contributed by atoms with Gasteiger partial charge in [0.05, 0.1) is 0 Å². The first kappa shape index (κ1) is 22.8. The molecule has 3 heterocycles. The fourth-order valence-electron chi connectivity index (χ4n) is 4.24. The van der Waals surface area contributed by atoms with Crippen LogP contribution >= 0.6 is 0 Å². The van der Waals surface area contributed by atoms with Crippen molar-refractivity contribution >= 4 is 11.8 Å². The summed E-state index contributed by atoms with van der Waals surface area (Å²) in [5.41, 5.74) is 1.24. The molecule has 2 N–H and O–H groups in total. The Bertz CT molecular complexity index is 647. The molecule has 0 amide bonds. The highest BCUT2D eigenvalue weighted by Crippen LogP contribution is 2.16. The zero-order valence-electron chi connectivity index (χ0n) is 19.2. The molecular weight excluding hydrogens is 374 g/mol. The van der Waals surface area contributed by atoms with Crippen LogP contribution in [0.2, 0.25) is 0 Å². The average molecular weight is 416 g/mol. The average Bonchev–Trinajstić information content (AvgIpc) is 2.80. The summed E-state index contributed by atoms with van der Waals surface area (Å²) in [6, 6.07) is 4.29. The normalized spacial score (nSPS) is 19.8. The van der Waals surface area contributed by atoms with E-state index in [1.165, 1.54) is 38.0 Å². The number of anilines is 1. The number of hydrogen-bond donors (Lipinski definition) is 2. The minimum Gasteiger partial charge on any atom is -0.356 e. The molecule has 0 radical (unpaired) electrons. The van der Waals surface area contributed by atoms with Crippen LogP contribution in [0.1, 0.15) is 38.7 Å². The van der Waals surface area contributed by atoms with Crippen molar-refractivity contribution in [3.8, 4) is 0 Å². The summed E-state index contributed by atoms with van der Waals surface area (Å²) in [5.74, 6) is 2.86. The van der Waals surface area contributed by atoms with Gasteiger partial charge in [-0.3, -0.25) is 4.99 Å². The van der Waals surface area contributed by atoms with E-state index in [4.69, 9.17) is 0 Å². The third-order valence-corrected chi connectivity index (χ3v) is 6.46. The van der Waals surface area contributed by atoms with Crippen molar-refractivity contribution in [1.82, 2.24) is 25.4 Å². The minimum absolute atomic E-state index is 0.758. The molecule has 0 aliphatic carbocycles. The molecule has 168 valence electrons. The van der Waals surface area contributed by atoms with E-state index in [1.807, 2.05) is 13.2 Å². The Morgan fingerprint density at radius 3 is 2.57 bits per heavy atom. The van der Waals surface area contributed by atoms with E-state index >= 15 is 0 Å². The fourth-order valence-corrected chi connectivity index (χ4v) is 4.24. The lowest BCUT2D eigenvalue weighted by atomic mass is 9.99. The van der Waals surface area contributed by atoms with Crippen molar-refractivity contribution in [3.63, 3.8) is 0 Å². The molecule has 3 rings (SSSR count). The second kappa shape index (κ2) is 12.1. The molecule has 0 spiro atoms.